The third-order valence-electron chi connectivity index (χ3n) is 5.09. The molecule has 4 heteroatoms. The van der Waals surface area contributed by atoms with E-state index in [1.165, 1.54) is 45.6 Å². The third-order valence-corrected chi connectivity index (χ3v) is 5.09. The van der Waals surface area contributed by atoms with Crippen molar-refractivity contribution in [3.63, 3.8) is 0 Å². The van der Waals surface area contributed by atoms with E-state index in [4.69, 9.17) is 0 Å². The van der Waals surface area contributed by atoms with Crippen LogP contribution >= 0.6 is 0 Å². The maximum atomic E-state index is 9.44. The Morgan fingerprint density at radius 3 is 2.33 bits per heavy atom. The van der Waals surface area contributed by atoms with Crippen LogP contribution in [0, 0.1) is 17.2 Å². The lowest BCUT2D eigenvalue weighted by molar-refractivity contribution is 0.125. The van der Waals surface area contributed by atoms with Crippen molar-refractivity contribution in [1.29, 1.82) is 5.26 Å². The molecule has 1 saturated carbocycles. The molecule has 0 aromatic carbocycles. The summed E-state index contributed by atoms with van der Waals surface area (Å²) in [5.41, 5.74) is -0.303. The van der Waals surface area contributed by atoms with Gasteiger partial charge in [-0.1, -0.05) is 13.8 Å². The minimum atomic E-state index is -0.303. The summed E-state index contributed by atoms with van der Waals surface area (Å²) in [4.78, 5) is 5.21. The van der Waals surface area contributed by atoms with Crippen LogP contribution in [0.5, 0.6) is 0 Å². The van der Waals surface area contributed by atoms with Gasteiger partial charge in [0.1, 0.15) is 5.54 Å². The molecule has 21 heavy (non-hydrogen) atoms. The smallest absolute Gasteiger partial charge is 0.106 e. The number of rotatable bonds is 9. The first kappa shape index (κ1) is 16.7. The van der Waals surface area contributed by atoms with Crippen molar-refractivity contribution in [2.24, 2.45) is 5.92 Å². The van der Waals surface area contributed by atoms with Crippen molar-refractivity contribution >= 4 is 0 Å². The molecule has 120 valence electrons. The van der Waals surface area contributed by atoms with Gasteiger partial charge in [-0.2, -0.15) is 5.26 Å². The average molecular weight is 292 g/mol. The lowest BCUT2D eigenvalue weighted by Gasteiger charge is -2.35. The maximum Gasteiger partial charge on any atom is 0.106 e. The first-order valence-corrected chi connectivity index (χ1v) is 8.82. The van der Waals surface area contributed by atoms with Gasteiger partial charge < -0.3 is 9.80 Å². The zero-order valence-electron chi connectivity index (χ0n) is 13.9. The van der Waals surface area contributed by atoms with Gasteiger partial charge in [-0.05, 0) is 51.1 Å². The summed E-state index contributed by atoms with van der Waals surface area (Å²) in [6.45, 7) is 12.4. The number of piperazine rings is 1. The summed E-state index contributed by atoms with van der Waals surface area (Å²) in [5.74, 6) is 1.01. The monoisotopic (exact) mass is 292 g/mol. The molecule has 0 aromatic heterocycles. The van der Waals surface area contributed by atoms with E-state index in [-0.39, 0.29) is 5.54 Å². The largest absolute Gasteiger partial charge is 0.301 e. The van der Waals surface area contributed by atoms with E-state index in [2.05, 4.69) is 35.0 Å². The molecule has 1 aliphatic carbocycles. The first-order valence-electron chi connectivity index (χ1n) is 8.82. The van der Waals surface area contributed by atoms with E-state index in [1.807, 2.05) is 0 Å². The first-order chi connectivity index (χ1) is 10.2. The fourth-order valence-corrected chi connectivity index (χ4v) is 3.37. The molecule has 0 radical (unpaired) electrons. The van der Waals surface area contributed by atoms with Crippen LogP contribution in [0.1, 0.15) is 46.0 Å². The van der Waals surface area contributed by atoms with Crippen LogP contribution in [0.15, 0.2) is 0 Å². The predicted octanol–water partition coefficient (Wildman–Crippen LogP) is 2.08. The summed E-state index contributed by atoms with van der Waals surface area (Å²) in [6.07, 6.45) is 5.90. The van der Waals surface area contributed by atoms with E-state index >= 15 is 0 Å². The van der Waals surface area contributed by atoms with E-state index in [9.17, 15) is 5.26 Å². The van der Waals surface area contributed by atoms with Crippen LogP contribution in [-0.4, -0.2) is 61.2 Å². The van der Waals surface area contributed by atoms with Crippen molar-refractivity contribution in [1.82, 2.24) is 15.1 Å². The summed E-state index contributed by atoms with van der Waals surface area (Å²) < 4.78 is 0. The van der Waals surface area contributed by atoms with Gasteiger partial charge in [0.15, 0.2) is 0 Å². The summed E-state index contributed by atoms with van der Waals surface area (Å²) in [5, 5.41) is 12.8. The van der Waals surface area contributed by atoms with E-state index in [1.54, 1.807) is 0 Å². The molecular formula is C17H32N4. The fourth-order valence-electron chi connectivity index (χ4n) is 3.37. The molecule has 1 N–H and O–H groups in total. The highest BCUT2D eigenvalue weighted by molar-refractivity contribution is 5.06. The molecule has 1 unspecified atom stereocenters. The van der Waals surface area contributed by atoms with Gasteiger partial charge in [0.05, 0.1) is 6.07 Å². The Balaban J connectivity index is 1.63. The molecule has 1 saturated heterocycles. The molecule has 0 spiro atoms. The molecule has 1 atom stereocenters. The molecule has 0 bridgehead atoms. The Morgan fingerprint density at radius 1 is 1.14 bits per heavy atom. The normalized spacial score (nSPS) is 23.7. The van der Waals surface area contributed by atoms with E-state index in [0.29, 0.717) is 0 Å². The highest BCUT2D eigenvalue weighted by Gasteiger charge is 2.28. The van der Waals surface area contributed by atoms with E-state index < -0.39 is 0 Å². The van der Waals surface area contributed by atoms with Gasteiger partial charge in [-0.3, -0.25) is 5.32 Å². The second kappa shape index (κ2) is 8.12. The van der Waals surface area contributed by atoms with Crippen LogP contribution in [0.4, 0.5) is 0 Å². The van der Waals surface area contributed by atoms with Gasteiger partial charge in [-0.15, -0.1) is 0 Å². The Hall–Kier alpha value is -0.630. The van der Waals surface area contributed by atoms with Crippen molar-refractivity contribution in [3.8, 4) is 6.07 Å². The number of nitrogens with zero attached hydrogens (tertiary/aromatic N) is 3. The predicted molar refractivity (Wildman–Crippen MR) is 87.1 cm³/mol. The maximum absolute atomic E-state index is 9.44. The second-order valence-electron chi connectivity index (χ2n) is 6.77. The molecule has 2 fully saturated rings. The van der Waals surface area contributed by atoms with Gasteiger partial charge in [0, 0.05) is 32.7 Å². The minimum Gasteiger partial charge on any atom is -0.301 e. The van der Waals surface area contributed by atoms with Crippen LogP contribution in [-0.2, 0) is 0 Å². The van der Waals surface area contributed by atoms with Crippen LogP contribution in [0.3, 0.4) is 0 Å². The lowest BCUT2D eigenvalue weighted by Crippen LogP contribution is -2.48. The highest BCUT2D eigenvalue weighted by atomic mass is 15.3. The fraction of sp³-hybridized carbons (Fsp3) is 0.941. The molecule has 2 aliphatic rings. The number of nitriles is 1. The molecule has 4 nitrogen and oxygen atoms in total. The summed E-state index contributed by atoms with van der Waals surface area (Å²) >= 11 is 0. The summed E-state index contributed by atoms with van der Waals surface area (Å²) in [7, 11) is 0. The molecular weight excluding hydrogens is 260 g/mol. The second-order valence-corrected chi connectivity index (χ2v) is 6.77. The Labute approximate surface area is 130 Å². The van der Waals surface area contributed by atoms with Crippen molar-refractivity contribution in [2.45, 2.75) is 51.5 Å². The number of hydrogen-bond acceptors (Lipinski definition) is 4. The standard InChI is InChI=1S/C17H32N4/c1-3-17(15-18,19-4-2)8-5-9-20-10-12-21(13-11-20)14-16-6-7-16/h16,19H,3-14H2,1-2H3. The lowest BCUT2D eigenvalue weighted by atomic mass is 9.92. The van der Waals surface area contributed by atoms with Gasteiger partial charge >= 0.3 is 0 Å². The van der Waals surface area contributed by atoms with Crippen molar-refractivity contribution in [3.05, 3.63) is 0 Å². The topological polar surface area (TPSA) is 42.3 Å². The van der Waals surface area contributed by atoms with Crippen molar-refractivity contribution in [2.75, 3.05) is 45.8 Å². The Kier molecular flexibility index (Phi) is 6.47. The number of hydrogen-bond donors (Lipinski definition) is 1. The molecule has 0 amide bonds. The third kappa shape index (κ3) is 5.25. The van der Waals surface area contributed by atoms with E-state index in [0.717, 1.165) is 38.3 Å². The molecule has 1 heterocycles. The van der Waals surface area contributed by atoms with Gasteiger partial charge in [0.25, 0.3) is 0 Å². The molecule has 1 aliphatic heterocycles. The highest BCUT2D eigenvalue weighted by Crippen LogP contribution is 2.29. The van der Waals surface area contributed by atoms with Gasteiger partial charge in [-0.25, -0.2) is 0 Å². The van der Waals surface area contributed by atoms with Crippen LogP contribution in [0.2, 0.25) is 0 Å². The summed E-state index contributed by atoms with van der Waals surface area (Å²) in [6, 6.07) is 2.50. The van der Waals surface area contributed by atoms with Gasteiger partial charge in [0.2, 0.25) is 0 Å². The zero-order chi connectivity index (χ0) is 15.1. The Bertz CT molecular complexity index is 339. The van der Waals surface area contributed by atoms with Crippen LogP contribution in [0.25, 0.3) is 0 Å². The minimum absolute atomic E-state index is 0.303. The molecule has 2 rings (SSSR count). The average Bonchev–Trinajstić information content (AvgIpc) is 3.32. The quantitative estimate of drug-likeness (QED) is 0.706. The zero-order valence-corrected chi connectivity index (χ0v) is 13.9. The molecule has 0 aromatic rings. The number of nitrogens with one attached hydrogen (secondary N) is 1. The SMILES string of the molecule is CCNC(C#N)(CC)CCCN1CCN(CC2CC2)CC1. The van der Waals surface area contributed by atoms with Crippen molar-refractivity contribution < 1.29 is 0 Å². The Morgan fingerprint density at radius 2 is 1.81 bits per heavy atom. The van der Waals surface area contributed by atoms with Crippen LogP contribution < -0.4 is 5.32 Å².